The van der Waals surface area contributed by atoms with Crippen molar-refractivity contribution in [2.75, 3.05) is 13.2 Å². The minimum absolute atomic E-state index is 0.0876. The highest BCUT2D eigenvalue weighted by molar-refractivity contribution is 5.97. The first-order chi connectivity index (χ1) is 17.3. The van der Waals surface area contributed by atoms with Crippen LogP contribution in [0.4, 0.5) is 4.79 Å². The van der Waals surface area contributed by atoms with E-state index < -0.39 is 24.3 Å². The summed E-state index contributed by atoms with van der Waals surface area (Å²) in [4.78, 5) is 34.9. The van der Waals surface area contributed by atoms with Crippen molar-refractivity contribution in [2.45, 2.75) is 31.0 Å². The third kappa shape index (κ3) is 5.62. The topological polar surface area (TPSA) is 133 Å². The van der Waals surface area contributed by atoms with Crippen molar-refractivity contribution >= 4 is 17.8 Å². The molecule has 0 saturated carbocycles. The Bertz CT molecular complexity index is 1210. The van der Waals surface area contributed by atoms with Gasteiger partial charge in [0.1, 0.15) is 18.8 Å². The van der Waals surface area contributed by atoms with Gasteiger partial charge in [0.15, 0.2) is 5.78 Å². The number of fused-ring (bicyclic) bond motifs is 3. The molecular formula is C28H27NO7. The van der Waals surface area contributed by atoms with E-state index in [0.29, 0.717) is 11.1 Å². The van der Waals surface area contributed by atoms with Crippen LogP contribution in [0.15, 0.2) is 72.8 Å². The molecule has 2 unspecified atom stereocenters. The van der Waals surface area contributed by atoms with Gasteiger partial charge in [0.25, 0.3) is 0 Å². The number of carboxylic acids is 1. The third-order valence-electron chi connectivity index (χ3n) is 6.30. The second-order valence-electron chi connectivity index (χ2n) is 8.66. The second-order valence-corrected chi connectivity index (χ2v) is 8.66. The largest absolute Gasteiger partial charge is 0.481 e. The Balaban J connectivity index is 1.28. The normalized spacial score (nSPS) is 13.8. The number of ketones is 1. The summed E-state index contributed by atoms with van der Waals surface area (Å²) in [6.45, 7) is -0.104. The Morgan fingerprint density at radius 1 is 0.833 bits per heavy atom. The predicted octanol–water partition coefficient (Wildman–Crippen LogP) is 3.67. The zero-order valence-corrected chi connectivity index (χ0v) is 19.5. The molecule has 186 valence electrons. The highest BCUT2D eigenvalue weighted by Crippen LogP contribution is 2.44. The Morgan fingerprint density at radius 3 is 2.00 bits per heavy atom. The number of Topliss-reactive ketones (excluding diaryl/α,β-unsaturated/α-hetero) is 1. The van der Waals surface area contributed by atoms with Crippen molar-refractivity contribution in [1.82, 2.24) is 5.32 Å². The average molecular weight is 490 g/mol. The van der Waals surface area contributed by atoms with Gasteiger partial charge in [-0.25, -0.2) is 4.79 Å². The number of amides is 1. The van der Waals surface area contributed by atoms with E-state index in [4.69, 9.17) is 9.84 Å². The molecule has 4 rings (SSSR count). The van der Waals surface area contributed by atoms with Crippen molar-refractivity contribution in [3.63, 3.8) is 0 Å². The Hall–Kier alpha value is -4.01. The number of hydrogen-bond acceptors (Lipinski definition) is 6. The van der Waals surface area contributed by atoms with Crippen molar-refractivity contribution in [3.8, 4) is 11.1 Å². The Morgan fingerprint density at radius 2 is 1.42 bits per heavy atom. The van der Waals surface area contributed by atoms with Crippen LogP contribution in [-0.4, -0.2) is 52.4 Å². The molecule has 36 heavy (non-hydrogen) atoms. The molecular weight excluding hydrogens is 462 g/mol. The number of hydrogen-bond donors (Lipinski definition) is 4. The van der Waals surface area contributed by atoms with Gasteiger partial charge in [0, 0.05) is 24.4 Å². The van der Waals surface area contributed by atoms with Gasteiger partial charge in [0.05, 0.1) is 6.42 Å². The molecule has 0 bridgehead atoms. The lowest BCUT2D eigenvalue weighted by molar-refractivity contribution is -0.136. The molecule has 2 atom stereocenters. The van der Waals surface area contributed by atoms with Gasteiger partial charge in [-0.1, -0.05) is 72.8 Å². The van der Waals surface area contributed by atoms with Crippen LogP contribution in [0.25, 0.3) is 11.1 Å². The molecule has 3 aromatic rings. The van der Waals surface area contributed by atoms with E-state index in [9.17, 15) is 24.6 Å². The average Bonchev–Trinajstić information content (AvgIpc) is 3.22. The quantitative estimate of drug-likeness (QED) is 0.319. The van der Waals surface area contributed by atoms with Gasteiger partial charge < -0.3 is 25.4 Å². The van der Waals surface area contributed by atoms with E-state index in [1.807, 2.05) is 48.5 Å². The zero-order chi connectivity index (χ0) is 25.7. The molecule has 0 aliphatic heterocycles. The minimum atomic E-state index is -1.31. The summed E-state index contributed by atoms with van der Waals surface area (Å²) in [7, 11) is 0. The monoisotopic (exact) mass is 489 g/mol. The smallest absolute Gasteiger partial charge is 0.407 e. The van der Waals surface area contributed by atoms with E-state index in [-0.39, 0.29) is 37.7 Å². The van der Waals surface area contributed by atoms with Gasteiger partial charge >= 0.3 is 12.1 Å². The lowest BCUT2D eigenvalue weighted by atomic mass is 9.98. The highest BCUT2D eigenvalue weighted by Gasteiger charge is 2.29. The van der Waals surface area contributed by atoms with Crippen molar-refractivity contribution in [1.29, 1.82) is 0 Å². The van der Waals surface area contributed by atoms with Crippen LogP contribution < -0.4 is 5.32 Å². The molecule has 4 N–H and O–H groups in total. The van der Waals surface area contributed by atoms with Crippen LogP contribution in [0.1, 0.15) is 51.9 Å². The van der Waals surface area contributed by atoms with E-state index in [1.54, 1.807) is 0 Å². The van der Waals surface area contributed by atoms with Gasteiger partial charge in [-0.05, 0) is 27.8 Å². The molecule has 8 nitrogen and oxygen atoms in total. The number of ether oxygens (including phenoxy) is 1. The van der Waals surface area contributed by atoms with Gasteiger partial charge in [0.2, 0.25) is 0 Å². The third-order valence-corrected chi connectivity index (χ3v) is 6.30. The lowest BCUT2D eigenvalue weighted by Crippen LogP contribution is -2.36. The first kappa shape index (κ1) is 25.1. The summed E-state index contributed by atoms with van der Waals surface area (Å²) in [5.74, 6) is -1.46. The second kappa shape index (κ2) is 11.2. The molecule has 0 radical (unpaired) electrons. The number of rotatable bonds is 10. The highest BCUT2D eigenvalue weighted by atomic mass is 16.5. The number of carbonyl (C=O) groups is 3. The number of carbonyl (C=O) groups excluding carboxylic acids is 2. The maximum Gasteiger partial charge on any atom is 0.407 e. The molecule has 0 aromatic heterocycles. The number of aliphatic carboxylic acids is 1. The van der Waals surface area contributed by atoms with Gasteiger partial charge in [-0.2, -0.15) is 0 Å². The number of alkyl carbamates (subject to hydrolysis) is 1. The molecule has 3 aromatic carbocycles. The zero-order valence-electron chi connectivity index (χ0n) is 19.5. The van der Waals surface area contributed by atoms with Crippen LogP contribution >= 0.6 is 0 Å². The van der Waals surface area contributed by atoms with Crippen LogP contribution in [0.2, 0.25) is 0 Å². The van der Waals surface area contributed by atoms with Crippen molar-refractivity contribution < 1.29 is 34.4 Å². The van der Waals surface area contributed by atoms with E-state index in [0.717, 1.165) is 22.3 Å². The Labute approximate surface area is 208 Å². The molecule has 1 aliphatic rings. The van der Waals surface area contributed by atoms with Crippen LogP contribution in [0, 0.1) is 0 Å². The number of carboxylic acid groups (broad SMARTS) is 1. The van der Waals surface area contributed by atoms with Crippen molar-refractivity contribution in [2.24, 2.45) is 0 Å². The summed E-state index contributed by atoms with van der Waals surface area (Å²) in [6, 6.07) is 21.9. The Kier molecular flexibility index (Phi) is 7.77. The minimum Gasteiger partial charge on any atom is -0.481 e. The molecule has 0 saturated heterocycles. The molecule has 1 aliphatic carbocycles. The van der Waals surface area contributed by atoms with E-state index in [2.05, 4.69) is 5.32 Å². The number of aliphatic hydroxyl groups excluding tert-OH is 2. The molecule has 0 heterocycles. The molecule has 0 fully saturated rings. The number of benzene rings is 3. The first-order valence-electron chi connectivity index (χ1n) is 11.6. The maximum absolute atomic E-state index is 12.3. The van der Waals surface area contributed by atoms with Gasteiger partial charge in [-0.3, -0.25) is 9.59 Å². The van der Waals surface area contributed by atoms with Crippen molar-refractivity contribution in [3.05, 3.63) is 95.1 Å². The summed E-state index contributed by atoms with van der Waals surface area (Å²) in [6.07, 6.45) is -3.70. The number of nitrogens with one attached hydrogen (secondary N) is 1. The van der Waals surface area contributed by atoms with E-state index in [1.165, 1.54) is 24.3 Å². The molecule has 0 spiro atoms. The maximum atomic E-state index is 12.3. The van der Waals surface area contributed by atoms with E-state index >= 15 is 0 Å². The van der Waals surface area contributed by atoms with Crippen LogP contribution in [-0.2, 0) is 9.53 Å². The van der Waals surface area contributed by atoms with Crippen LogP contribution in [0.3, 0.4) is 0 Å². The molecule has 1 amide bonds. The van der Waals surface area contributed by atoms with Gasteiger partial charge in [-0.15, -0.1) is 0 Å². The summed E-state index contributed by atoms with van der Waals surface area (Å²) >= 11 is 0. The fourth-order valence-corrected chi connectivity index (χ4v) is 4.40. The van der Waals surface area contributed by atoms with Crippen LogP contribution in [0.5, 0.6) is 0 Å². The standard InChI is InChI=1S/C28H27NO7/c30-24(13-14-26(32)33)17-9-11-18(12-10-17)27(34)25(31)15-29-28(35)36-16-23-21-7-3-1-5-19(21)20-6-2-4-8-22(20)23/h1-12,23,25,27,31,34H,13-16H2,(H,29,35)(H,32,33). The molecule has 8 heteroatoms. The fraction of sp³-hybridized carbons (Fsp3) is 0.250. The number of aliphatic hydroxyl groups is 2. The fourth-order valence-electron chi connectivity index (χ4n) is 4.40. The summed E-state index contributed by atoms with van der Waals surface area (Å²) < 4.78 is 5.44. The lowest BCUT2D eigenvalue weighted by Gasteiger charge is -2.19. The summed E-state index contributed by atoms with van der Waals surface area (Å²) in [5, 5.41) is 31.9. The predicted molar refractivity (Wildman–Crippen MR) is 132 cm³/mol. The summed E-state index contributed by atoms with van der Waals surface area (Å²) in [5.41, 5.74) is 5.09. The first-order valence-corrected chi connectivity index (χ1v) is 11.6. The SMILES string of the molecule is O=C(O)CCC(=O)c1ccc(C(O)C(O)CNC(=O)OCC2c3ccccc3-c3ccccc32)cc1.